The number of allylic oxidation sites excluding steroid dienone is 3. The Morgan fingerprint density at radius 3 is 2.61 bits per heavy atom. The summed E-state index contributed by atoms with van der Waals surface area (Å²) >= 11 is 0. The molecule has 0 aromatic heterocycles. The number of halogens is 1. The number of hydrogen-bond donors (Lipinski definition) is 2. The Morgan fingerprint density at radius 1 is 1.39 bits per heavy atom. The van der Waals surface area contributed by atoms with Crippen molar-refractivity contribution in [3.8, 4) is 0 Å². The predicted octanol–water partition coefficient (Wildman–Crippen LogP) is 2.63. The summed E-state index contributed by atoms with van der Waals surface area (Å²) in [6, 6.07) is 5.99. The van der Waals surface area contributed by atoms with Gasteiger partial charge < -0.3 is 10.4 Å². The number of benzene rings is 1. The van der Waals surface area contributed by atoms with E-state index in [0.29, 0.717) is 12.2 Å². The van der Waals surface area contributed by atoms with E-state index in [-0.39, 0.29) is 5.82 Å². The molecule has 0 spiro atoms. The van der Waals surface area contributed by atoms with Gasteiger partial charge in [-0.2, -0.15) is 0 Å². The third kappa shape index (κ3) is 5.12. The normalized spacial score (nSPS) is 11.5. The molecule has 3 nitrogen and oxygen atoms in total. The molecule has 0 heterocycles. The van der Waals surface area contributed by atoms with Gasteiger partial charge in [0.1, 0.15) is 5.82 Å². The summed E-state index contributed by atoms with van der Waals surface area (Å²) in [6.45, 7) is 3.93. The van der Waals surface area contributed by atoms with Gasteiger partial charge in [0.2, 0.25) is 0 Å². The molecule has 4 heteroatoms. The van der Waals surface area contributed by atoms with E-state index in [2.05, 4.69) is 11.9 Å². The average Bonchev–Trinajstić information content (AvgIpc) is 2.34. The van der Waals surface area contributed by atoms with Crippen LogP contribution in [0.5, 0.6) is 0 Å². The zero-order chi connectivity index (χ0) is 13.4. The third-order valence-corrected chi connectivity index (χ3v) is 2.10. The molecule has 0 radical (unpaired) electrons. The van der Waals surface area contributed by atoms with Crippen LogP contribution < -0.4 is 5.32 Å². The summed E-state index contributed by atoms with van der Waals surface area (Å²) in [7, 11) is 0. The molecule has 2 N–H and O–H groups in total. The molecule has 0 saturated heterocycles. The van der Waals surface area contributed by atoms with E-state index < -0.39 is 5.97 Å². The highest BCUT2D eigenvalue weighted by molar-refractivity contribution is 5.81. The number of aliphatic carboxylic acids is 1. The molecule has 0 saturated carbocycles. The first-order valence-corrected chi connectivity index (χ1v) is 5.34. The summed E-state index contributed by atoms with van der Waals surface area (Å²) in [5.41, 5.74) is 1.31. The Bertz CT molecular complexity index is 475. The lowest BCUT2D eigenvalue weighted by Gasteiger charge is -2.06. The first-order chi connectivity index (χ1) is 8.61. The van der Waals surface area contributed by atoms with Crippen LogP contribution in [0, 0.1) is 5.82 Å². The third-order valence-electron chi connectivity index (χ3n) is 2.10. The van der Waals surface area contributed by atoms with E-state index in [9.17, 15) is 9.18 Å². The molecule has 0 unspecified atom stereocenters. The Hall–Kier alpha value is -2.36. The van der Waals surface area contributed by atoms with Crippen LogP contribution in [0.2, 0.25) is 0 Å². The van der Waals surface area contributed by atoms with Gasteiger partial charge in [-0.15, -0.1) is 0 Å². The zero-order valence-corrected chi connectivity index (χ0v) is 9.77. The SMILES string of the molecule is C=C/C=C\C(=C\C(=O)O)NCc1ccc(F)cc1. The van der Waals surface area contributed by atoms with Gasteiger partial charge in [0.15, 0.2) is 0 Å². The van der Waals surface area contributed by atoms with Crippen LogP contribution in [0.1, 0.15) is 5.56 Å². The summed E-state index contributed by atoms with van der Waals surface area (Å²) in [5.74, 6) is -1.34. The molecule has 1 aromatic carbocycles. The van der Waals surface area contributed by atoms with Gasteiger partial charge in [0, 0.05) is 18.3 Å². The second-order valence-electron chi connectivity index (χ2n) is 3.51. The summed E-state index contributed by atoms with van der Waals surface area (Å²) in [4.78, 5) is 10.6. The van der Waals surface area contributed by atoms with E-state index in [0.717, 1.165) is 11.6 Å². The maximum absolute atomic E-state index is 12.7. The quantitative estimate of drug-likeness (QED) is 0.600. The van der Waals surface area contributed by atoms with E-state index in [1.54, 1.807) is 30.4 Å². The standard InChI is InChI=1S/C14H14FNO2/c1-2-3-4-13(9-14(17)18)16-10-11-5-7-12(15)8-6-11/h2-9,16H,1,10H2,(H,17,18)/b4-3-,13-9-. The Labute approximate surface area is 105 Å². The minimum absolute atomic E-state index is 0.299. The molecule has 0 aliphatic carbocycles. The number of carboxylic acids is 1. The maximum Gasteiger partial charge on any atom is 0.330 e. The highest BCUT2D eigenvalue weighted by atomic mass is 19.1. The van der Waals surface area contributed by atoms with Gasteiger partial charge in [-0.1, -0.05) is 30.9 Å². The fourth-order valence-electron chi connectivity index (χ4n) is 1.27. The largest absolute Gasteiger partial charge is 0.478 e. The first-order valence-electron chi connectivity index (χ1n) is 5.34. The van der Waals surface area contributed by atoms with Crippen molar-refractivity contribution in [2.45, 2.75) is 6.54 Å². The van der Waals surface area contributed by atoms with Crippen LogP contribution in [-0.4, -0.2) is 11.1 Å². The topological polar surface area (TPSA) is 49.3 Å². The molecule has 0 amide bonds. The van der Waals surface area contributed by atoms with Crippen molar-refractivity contribution in [2.24, 2.45) is 0 Å². The van der Waals surface area contributed by atoms with E-state index >= 15 is 0 Å². The molecule has 94 valence electrons. The molecule has 0 aliphatic rings. The summed E-state index contributed by atoms with van der Waals surface area (Å²) in [5, 5.41) is 11.6. The minimum atomic E-state index is -1.04. The summed E-state index contributed by atoms with van der Waals surface area (Å²) < 4.78 is 12.7. The number of carbonyl (C=O) groups is 1. The fourth-order valence-corrected chi connectivity index (χ4v) is 1.27. The molecule has 18 heavy (non-hydrogen) atoms. The van der Waals surface area contributed by atoms with Gasteiger partial charge in [-0.25, -0.2) is 9.18 Å². The van der Waals surface area contributed by atoms with Gasteiger partial charge in [-0.3, -0.25) is 0 Å². The lowest BCUT2D eigenvalue weighted by atomic mass is 10.2. The van der Waals surface area contributed by atoms with Gasteiger partial charge in [0.25, 0.3) is 0 Å². The maximum atomic E-state index is 12.7. The number of carboxylic acid groups (broad SMARTS) is 1. The molecular weight excluding hydrogens is 233 g/mol. The molecule has 0 fully saturated rings. The van der Waals surface area contributed by atoms with Gasteiger partial charge in [-0.05, 0) is 23.8 Å². The first kappa shape index (κ1) is 13.7. The molecular formula is C14H14FNO2. The van der Waals surface area contributed by atoms with Crippen molar-refractivity contribution in [2.75, 3.05) is 0 Å². The highest BCUT2D eigenvalue weighted by Crippen LogP contribution is 2.03. The fraction of sp³-hybridized carbons (Fsp3) is 0.0714. The molecule has 1 aromatic rings. The Morgan fingerprint density at radius 2 is 2.06 bits per heavy atom. The monoisotopic (exact) mass is 247 g/mol. The van der Waals surface area contributed by atoms with Crippen molar-refractivity contribution in [3.05, 3.63) is 72.2 Å². The molecule has 1 rings (SSSR count). The van der Waals surface area contributed by atoms with E-state index in [1.807, 2.05) is 0 Å². The average molecular weight is 247 g/mol. The smallest absolute Gasteiger partial charge is 0.330 e. The number of hydrogen-bond acceptors (Lipinski definition) is 2. The number of rotatable bonds is 6. The van der Waals surface area contributed by atoms with E-state index in [1.165, 1.54) is 12.1 Å². The van der Waals surface area contributed by atoms with Crippen molar-refractivity contribution >= 4 is 5.97 Å². The van der Waals surface area contributed by atoms with Crippen LogP contribution in [0.3, 0.4) is 0 Å². The zero-order valence-electron chi connectivity index (χ0n) is 9.77. The van der Waals surface area contributed by atoms with Crippen LogP contribution in [-0.2, 0) is 11.3 Å². The Kier molecular flexibility index (Phi) is 5.38. The summed E-state index contributed by atoms with van der Waals surface area (Å²) in [6.07, 6.45) is 5.84. The molecule has 0 aliphatic heterocycles. The van der Waals surface area contributed by atoms with Gasteiger partial charge in [0.05, 0.1) is 0 Å². The Balaban J connectivity index is 2.67. The lowest BCUT2D eigenvalue weighted by molar-refractivity contribution is -0.131. The van der Waals surface area contributed by atoms with E-state index in [4.69, 9.17) is 5.11 Å². The van der Waals surface area contributed by atoms with Crippen molar-refractivity contribution in [1.29, 1.82) is 0 Å². The van der Waals surface area contributed by atoms with Crippen molar-refractivity contribution in [1.82, 2.24) is 5.32 Å². The molecule has 0 bridgehead atoms. The van der Waals surface area contributed by atoms with Gasteiger partial charge >= 0.3 is 5.97 Å². The predicted molar refractivity (Wildman–Crippen MR) is 68.3 cm³/mol. The van der Waals surface area contributed by atoms with Crippen LogP contribution in [0.4, 0.5) is 4.39 Å². The van der Waals surface area contributed by atoms with Crippen molar-refractivity contribution in [3.63, 3.8) is 0 Å². The number of nitrogens with one attached hydrogen (secondary N) is 1. The lowest BCUT2D eigenvalue weighted by Crippen LogP contribution is -2.12. The van der Waals surface area contributed by atoms with Crippen LogP contribution in [0.15, 0.2) is 60.8 Å². The van der Waals surface area contributed by atoms with Crippen LogP contribution in [0.25, 0.3) is 0 Å². The second kappa shape index (κ2) is 7.06. The van der Waals surface area contributed by atoms with Crippen molar-refractivity contribution < 1.29 is 14.3 Å². The highest BCUT2D eigenvalue weighted by Gasteiger charge is 1.98. The van der Waals surface area contributed by atoms with Crippen LogP contribution >= 0.6 is 0 Å². The minimum Gasteiger partial charge on any atom is -0.478 e. The second-order valence-corrected chi connectivity index (χ2v) is 3.51. The molecule has 0 atom stereocenters.